The SMILES string of the molecule is CCCCCCCCCC(=O)OC[C@H]1O[C@@H]2OC(C)(C)O[C@@H]2[C@H]2OC(C)(C)O[C@H]21. The van der Waals surface area contributed by atoms with Crippen molar-refractivity contribution in [1.82, 2.24) is 0 Å². The van der Waals surface area contributed by atoms with E-state index in [0.717, 1.165) is 12.8 Å². The van der Waals surface area contributed by atoms with Gasteiger partial charge in [-0.15, -0.1) is 0 Å². The third kappa shape index (κ3) is 6.14. The first-order chi connectivity index (χ1) is 13.7. The van der Waals surface area contributed by atoms with Gasteiger partial charge in [-0.1, -0.05) is 45.4 Å². The van der Waals surface area contributed by atoms with Crippen LogP contribution in [0.15, 0.2) is 0 Å². The van der Waals surface area contributed by atoms with Gasteiger partial charge >= 0.3 is 5.97 Å². The normalized spacial score (nSPS) is 34.6. The van der Waals surface area contributed by atoms with Crippen LogP contribution in [0.4, 0.5) is 0 Å². The number of unbranched alkanes of at least 4 members (excludes halogenated alkanes) is 6. The molecule has 5 atom stereocenters. The van der Waals surface area contributed by atoms with E-state index in [1.807, 2.05) is 27.7 Å². The van der Waals surface area contributed by atoms with Crippen LogP contribution in [-0.2, 0) is 33.2 Å². The zero-order chi connectivity index (χ0) is 21.1. The van der Waals surface area contributed by atoms with Gasteiger partial charge in [-0.3, -0.25) is 4.79 Å². The monoisotopic (exact) mass is 414 g/mol. The third-order valence-corrected chi connectivity index (χ3v) is 5.64. The molecule has 7 heteroatoms. The number of rotatable bonds is 10. The fourth-order valence-electron chi connectivity index (χ4n) is 4.30. The van der Waals surface area contributed by atoms with Crippen LogP contribution in [0, 0.1) is 0 Å². The molecule has 3 aliphatic rings. The lowest BCUT2D eigenvalue weighted by molar-refractivity contribution is -0.242. The quantitative estimate of drug-likeness (QED) is 0.394. The van der Waals surface area contributed by atoms with Gasteiger partial charge in [0, 0.05) is 6.42 Å². The Morgan fingerprint density at radius 1 is 0.793 bits per heavy atom. The van der Waals surface area contributed by atoms with Gasteiger partial charge in [-0.2, -0.15) is 0 Å². The Hall–Kier alpha value is -0.730. The predicted molar refractivity (Wildman–Crippen MR) is 106 cm³/mol. The molecule has 3 saturated heterocycles. The van der Waals surface area contributed by atoms with Crippen molar-refractivity contribution in [3.63, 3.8) is 0 Å². The Bertz CT molecular complexity index is 547. The van der Waals surface area contributed by atoms with E-state index in [-0.39, 0.29) is 30.9 Å². The zero-order valence-corrected chi connectivity index (χ0v) is 18.6. The summed E-state index contributed by atoms with van der Waals surface area (Å²) >= 11 is 0. The van der Waals surface area contributed by atoms with Crippen molar-refractivity contribution in [3.8, 4) is 0 Å². The molecular formula is C22H38O7. The molecule has 7 nitrogen and oxygen atoms in total. The molecule has 0 radical (unpaired) electrons. The van der Waals surface area contributed by atoms with Crippen LogP contribution in [0.1, 0.15) is 86.0 Å². The molecule has 0 N–H and O–H groups in total. The second kappa shape index (κ2) is 9.60. The highest BCUT2D eigenvalue weighted by Gasteiger charge is 2.60. The highest BCUT2D eigenvalue weighted by atomic mass is 16.9. The van der Waals surface area contributed by atoms with Crippen LogP contribution in [0.25, 0.3) is 0 Å². The molecule has 0 aromatic carbocycles. The lowest BCUT2D eigenvalue weighted by Gasteiger charge is -2.36. The molecule has 3 heterocycles. The van der Waals surface area contributed by atoms with Gasteiger partial charge in [0.05, 0.1) is 0 Å². The Morgan fingerprint density at radius 3 is 2.10 bits per heavy atom. The van der Waals surface area contributed by atoms with Crippen molar-refractivity contribution in [3.05, 3.63) is 0 Å². The summed E-state index contributed by atoms with van der Waals surface area (Å²) in [6.07, 6.45) is 6.57. The van der Waals surface area contributed by atoms with Crippen molar-refractivity contribution in [2.24, 2.45) is 0 Å². The van der Waals surface area contributed by atoms with Crippen molar-refractivity contribution in [2.45, 2.75) is 128 Å². The summed E-state index contributed by atoms with van der Waals surface area (Å²) < 4.78 is 35.5. The maximum atomic E-state index is 12.2. The minimum atomic E-state index is -0.751. The maximum absolute atomic E-state index is 12.2. The van der Waals surface area contributed by atoms with Crippen molar-refractivity contribution < 1.29 is 33.2 Å². The van der Waals surface area contributed by atoms with Crippen LogP contribution in [0.5, 0.6) is 0 Å². The van der Waals surface area contributed by atoms with E-state index >= 15 is 0 Å². The lowest BCUT2D eigenvalue weighted by Crippen LogP contribution is -2.56. The van der Waals surface area contributed by atoms with Crippen LogP contribution in [0.2, 0.25) is 0 Å². The maximum Gasteiger partial charge on any atom is 0.305 e. The van der Waals surface area contributed by atoms with Crippen molar-refractivity contribution >= 4 is 5.97 Å². The number of hydrogen-bond acceptors (Lipinski definition) is 7. The fourth-order valence-corrected chi connectivity index (χ4v) is 4.30. The first-order valence-electron chi connectivity index (χ1n) is 11.2. The Labute approximate surface area is 174 Å². The van der Waals surface area contributed by atoms with E-state index in [0.29, 0.717) is 6.42 Å². The summed E-state index contributed by atoms with van der Waals surface area (Å²) in [5.41, 5.74) is 0. The first kappa shape index (κ1) is 22.9. The van der Waals surface area contributed by atoms with Gasteiger partial charge in [0.15, 0.2) is 17.9 Å². The van der Waals surface area contributed by atoms with E-state index in [1.54, 1.807) is 0 Å². The predicted octanol–water partition coefficient (Wildman–Crippen LogP) is 4.07. The largest absolute Gasteiger partial charge is 0.463 e. The second-order valence-electron chi connectivity index (χ2n) is 9.26. The van der Waals surface area contributed by atoms with Crippen LogP contribution < -0.4 is 0 Å². The molecule has 0 unspecified atom stereocenters. The minimum Gasteiger partial charge on any atom is -0.463 e. The van der Waals surface area contributed by atoms with Crippen molar-refractivity contribution in [1.29, 1.82) is 0 Å². The van der Waals surface area contributed by atoms with E-state index in [9.17, 15) is 4.79 Å². The number of ether oxygens (including phenoxy) is 6. The molecule has 0 bridgehead atoms. The van der Waals surface area contributed by atoms with Gasteiger partial charge in [-0.25, -0.2) is 0 Å². The third-order valence-electron chi connectivity index (χ3n) is 5.64. The molecule has 0 amide bonds. The molecule has 168 valence electrons. The highest BCUT2D eigenvalue weighted by Crippen LogP contribution is 2.44. The molecule has 3 rings (SSSR count). The van der Waals surface area contributed by atoms with Gasteiger partial charge in [0.2, 0.25) is 0 Å². The lowest BCUT2D eigenvalue weighted by atomic mass is 9.99. The van der Waals surface area contributed by atoms with E-state index in [1.165, 1.54) is 32.1 Å². The van der Waals surface area contributed by atoms with Crippen LogP contribution in [0.3, 0.4) is 0 Å². The number of esters is 1. The van der Waals surface area contributed by atoms with Gasteiger partial charge in [0.25, 0.3) is 0 Å². The highest BCUT2D eigenvalue weighted by molar-refractivity contribution is 5.69. The summed E-state index contributed by atoms with van der Waals surface area (Å²) in [6, 6.07) is 0. The topological polar surface area (TPSA) is 72.5 Å². The van der Waals surface area contributed by atoms with Crippen LogP contribution in [-0.4, -0.2) is 54.9 Å². The molecule has 0 spiro atoms. The molecule has 0 saturated carbocycles. The van der Waals surface area contributed by atoms with E-state index in [2.05, 4.69) is 6.92 Å². The summed E-state index contributed by atoms with van der Waals surface area (Å²) in [6.45, 7) is 9.77. The molecule has 0 aliphatic carbocycles. The standard InChI is InChI=1S/C22H38O7/c1-6-7-8-9-10-11-12-13-16(23)24-14-15-17-18(27-21(2,3)26-17)19-20(25-15)29-22(4,5)28-19/h15,17-20H,6-14H2,1-5H3/t15-,17+,18+,19-,20-/m1/s1. The summed E-state index contributed by atoms with van der Waals surface area (Å²) in [4.78, 5) is 12.2. The molecule has 3 fully saturated rings. The van der Waals surface area contributed by atoms with Gasteiger partial charge in [0.1, 0.15) is 31.0 Å². The summed E-state index contributed by atoms with van der Waals surface area (Å²) in [7, 11) is 0. The van der Waals surface area contributed by atoms with Crippen molar-refractivity contribution in [2.75, 3.05) is 6.61 Å². The smallest absolute Gasteiger partial charge is 0.305 e. The van der Waals surface area contributed by atoms with Gasteiger partial charge in [-0.05, 0) is 34.1 Å². The number of hydrogen-bond donors (Lipinski definition) is 0. The van der Waals surface area contributed by atoms with E-state index in [4.69, 9.17) is 28.4 Å². The molecule has 3 aliphatic heterocycles. The average Bonchev–Trinajstić information content (AvgIpc) is 3.13. The zero-order valence-electron chi connectivity index (χ0n) is 18.6. The van der Waals surface area contributed by atoms with Crippen LogP contribution >= 0.6 is 0 Å². The summed E-state index contributed by atoms with van der Waals surface area (Å²) in [5, 5.41) is 0. The summed E-state index contributed by atoms with van der Waals surface area (Å²) in [5.74, 6) is -1.69. The van der Waals surface area contributed by atoms with Gasteiger partial charge < -0.3 is 28.4 Å². The number of carbonyl (C=O) groups is 1. The Kier molecular flexibility index (Phi) is 7.60. The molecule has 0 aromatic rings. The number of fused-ring (bicyclic) bond motifs is 3. The molecule has 0 aromatic heterocycles. The second-order valence-corrected chi connectivity index (χ2v) is 9.26. The van der Waals surface area contributed by atoms with E-state index < -0.39 is 24.0 Å². The fraction of sp³-hybridized carbons (Fsp3) is 0.955. The molecule has 29 heavy (non-hydrogen) atoms. The minimum absolute atomic E-state index is 0.128. The first-order valence-corrected chi connectivity index (χ1v) is 11.2. The molecular weight excluding hydrogens is 376 g/mol. The Morgan fingerprint density at radius 2 is 1.38 bits per heavy atom. The number of carbonyl (C=O) groups excluding carboxylic acids is 1. The average molecular weight is 415 g/mol. The Balaban J connectivity index is 1.44.